The summed E-state index contributed by atoms with van der Waals surface area (Å²) in [6.45, 7) is 14.4. The molecule has 1 fully saturated rings. The Bertz CT molecular complexity index is 1260. The summed E-state index contributed by atoms with van der Waals surface area (Å²) in [6.07, 6.45) is 15.8. The van der Waals surface area contributed by atoms with E-state index >= 15 is 0 Å². The van der Waals surface area contributed by atoms with Gasteiger partial charge in [-0.15, -0.1) is 0 Å². The topological polar surface area (TPSA) is 61.8 Å². The molecule has 1 saturated carbocycles. The number of aryl methyl sites for hydroxylation is 1. The zero-order chi connectivity index (χ0) is 34.0. The van der Waals surface area contributed by atoms with E-state index < -0.39 is 5.97 Å². The summed E-state index contributed by atoms with van der Waals surface area (Å²) < 4.78 is 16.4. The molecule has 0 heterocycles. The monoisotopic (exact) mass is 644 g/mol. The Morgan fingerprint density at radius 3 is 1.85 bits per heavy atom. The lowest BCUT2D eigenvalue weighted by Crippen LogP contribution is -2.24. The van der Waals surface area contributed by atoms with Gasteiger partial charge >= 0.3 is 11.9 Å². The Labute approximate surface area is 285 Å². The minimum atomic E-state index is -0.491. The molecule has 5 nitrogen and oxygen atoms in total. The third kappa shape index (κ3) is 13.8. The Kier molecular flexibility index (Phi) is 17.0. The molecule has 47 heavy (non-hydrogen) atoms. The van der Waals surface area contributed by atoms with Crippen LogP contribution in [0.15, 0.2) is 71.8 Å². The maximum absolute atomic E-state index is 12.5. The fraction of sp³-hybridized carbons (Fsp3) is 0.571. The van der Waals surface area contributed by atoms with Crippen LogP contribution < -0.4 is 0 Å². The van der Waals surface area contributed by atoms with Crippen molar-refractivity contribution in [3.05, 3.63) is 83.0 Å². The van der Waals surface area contributed by atoms with E-state index in [0.717, 1.165) is 29.4 Å². The molecule has 0 radical (unpaired) electrons. The molecule has 2 aromatic rings. The van der Waals surface area contributed by atoms with Crippen molar-refractivity contribution in [2.75, 3.05) is 26.4 Å². The Balaban J connectivity index is 1.51. The van der Waals surface area contributed by atoms with Gasteiger partial charge in [-0.1, -0.05) is 125 Å². The zero-order valence-corrected chi connectivity index (χ0v) is 29.9. The number of allylic oxidation sites excluding steroid dienone is 1. The number of esters is 2. The van der Waals surface area contributed by atoms with E-state index in [9.17, 15) is 9.59 Å². The molecule has 1 atom stereocenters. The minimum absolute atomic E-state index is 0.120. The van der Waals surface area contributed by atoms with Crippen molar-refractivity contribution in [2.45, 2.75) is 112 Å². The second-order valence-electron chi connectivity index (χ2n) is 13.8. The number of unbranched alkanes of at least 4 members (excludes halogenated alkanes) is 3. The number of rotatable bonds is 20. The SMILES string of the molecule is C=C(COCC)C(=O)OCC(COC(=O)C(C)=C(C)C)Cc1ccc(-c2ccc(CCC3CCC(CCCCCC)CC3)cc2)cc1. The van der Waals surface area contributed by atoms with Gasteiger partial charge < -0.3 is 14.2 Å². The Hall–Kier alpha value is -3.18. The highest BCUT2D eigenvalue weighted by Crippen LogP contribution is 2.34. The molecule has 0 bridgehead atoms. The van der Waals surface area contributed by atoms with Gasteiger partial charge in [0.15, 0.2) is 0 Å². The number of ether oxygens (including phenoxy) is 3. The molecule has 2 aromatic carbocycles. The second-order valence-corrected chi connectivity index (χ2v) is 13.8. The maximum atomic E-state index is 12.5. The van der Waals surface area contributed by atoms with Gasteiger partial charge in [0.25, 0.3) is 0 Å². The summed E-state index contributed by atoms with van der Waals surface area (Å²) in [6, 6.07) is 17.5. The first kappa shape index (κ1) is 38.3. The predicted molar refractivity (Wildman–Crippen MR) is 193 cm³/mol. The molecule has 0 N–H and O–H groups in total. The van der Waals surface area contributed by atoms with Crippen LogP contribution in [0, 0.1) is 17.8 Å². The highest BCUT2D eigenvalue weighted by atomic mass is 16.5. The number of benzene rings is 2. The first-order valence-corrected chi connectivity index (χ1v) is 18.1. The van der Waals surface area contributed by atoms with Gasteiger partial charge in [0.1, 0.15) is 0 Å². The van der Waals surface area contributed by atoms with Crippen LogP contribution in [0.4, 0.5) is 0 Å². The first-order valence-electron chi connectivity index (χ1n) is 18.1. The molecule has 0 amide bonds. The zero-order valence-electron chi connectivity index (χ0n) is 29.9. The van der Waals surface area contributed by atoms with Crippen LogP contribution >= 0.6 is 0 Å². The van der Waals surface area contributed by atoms with Crippen molar-refractivity contribution in [1.82, 2.24) is 0 Å². The number of hydrogen-bond donors (Lipinski definition) is 0. The van der Waals surface area contributed by atoms with E-state index in [4.69, 9.17) is 14.2 Å². The summed E-state index contributed by atoms with van der Waals surface area (Å²) in [5.74, 6) is 0.827. The van der Waals surface area contributed by atoms with Crippen LogP contribution in [0.1, 0.15) is 110 Å². The van der Waals surface area contributed by atoms with Crippen LogP contribution in [-0.4, -0.2) is 38.4 Å². The van der Waals surface area contributed by atoms with Gasteiger partial charge in [0.2, 0.25) is 0 Å². The summed E-state index contributed by atoms with van der Waals surface area (Å²) in [5.41, 5.74) is 6.66. The van der Waals surface area contributed by atoms with Crippen LogP contribution in [0.3, 0.4) is 0 Å². The molecule has 3 rings (SSSR count). The lowest BCUT2D eigenvalue weighted by atomic mass is 9.77. The molecule has 1 unspecified atom stereocenters. The molecule has 0 aromatic heterocycles. The summed E-state index contributed by atoms with van der Waals surface area (Å²) in [7, 11) is 0. The van der Waals surface area contributed by atoms with E-state index in [1.54, 1.807) is 6.92 Å². The highest BCUT2D eigenvalue weighted by molar-refractivity contribution is 5.88. The molecule has 0 saturated heterocycles. The van der Waals surface area contributed by atoms with Crippen molar-refractivity contribution in [3.63, 3.8) is 0 Å². The molecule has 5 heteroatoms. The quantitative estimate of drug-likeness (QED) is 0.0815. The van der Waals surface area contributed by atoms with Crippen molar-refractivity contribution in [3.8, 4) is 11.1 Å². The third-order valence-corrected chi connectivity index (χ3v) is 9.76. The number of carbonyl (C=O) groups excluding carboxylic acids is 2. The molecule has 258 valence electrons. The fourth-order valence-corrected chi connectivity index (χ4v) is 6.32. The second kappa shape index (κ2) is 20.9. The standard InChI is InChI=1S/C42H60O5/c1-7-9-10-11-12-34-13-15-35(16-14-34)17-18-36-19-23-39(24-20-36)40-25-21-37(22-26-40)27-38(30-47-42(44)33(6)31(3)4)29-46-41(43)32(5)28-45-8-2/h19-26,34-35,38H,5,7-18,27-30H2,1-4,6H3. The average Bonchev–Trinajstić information content (AvgIpc) is 3.09. The Morgan fingerprint density at radius 1 is 0.745 bits per heavy atom. The van der Waals surface area contributed by atoms with E-state index in [0.29, 0.717) is 18.6 Å². The lowest BCUT2D eigenvalue weighted by molar-refractivity contribution is -0.144. The van der Waals surface area contributed by atoms with E-state index in [-0.39, 0.29) is 37.3 Å². The van der Waals surface area contributed by atoms with Crippen molar-refractivity contribution in [1.29, 1.82) is 0 Å². The molecule has 0 spiro atoms. The van der Waals surface area contributed by atoms with E-state index in [1.165, 1.54) is 80.9 Å². The largest absolute Gasteiger partial charge is 0.462 e. The minimum Gasteiger partial charge on any atom is -0.462 e. The van der Waals surface area contributed by atoms with Gasteiger partial charge in [0.05, 0.1) is 25.4 Å². The molecule has 0 aliphatic heterocycles. The van der Waals surface area contributed by atoms with Crippen LogP contribution in [-0.2, 0) is 36.6 Å². The molecule has 1 aliphatic rings. The summed E-state index contributed by atoms with van der Waals surface area (Å²) >= 11 is 0. The number of carbonyl (C=O) groups is 2. The van der Waals surface area contributed by atoms with Crippen molar-refractivity contribution >= 4 is 11.9 Å². The van der Waals surface area contributed by atoms with Crippen LogP contribution in [0.2, 0.25) is 0 Å². The number of hydrogen-bond acceptors (Lipinski definition) is 5. The van der Waals surface area contributed by atoms with Crippen LogP contribution in [0.5, 0.6) is 0 Å². The van der Waals surface area contributed by atoms with Gasteiger partial charge in [0, 0.05) is 18.1 Å². The average molecular weight is 645 g/mol. The van der Waals surface area contributed by atoms with Gasteiger partial charge in [-0.05, 0) is 81.0 Å². The summed E-state index contributed by atoms with van der Waals surface area (Å²) in [5, 5.41) is 0. The van der Waals surface area contributed by atoms with E-state index in [2.05, 4.69) is 62.0 Å². The van der Waals surface area contributed by atoms with E-state index in [1.807, 2.05) is 20.8 Å². The fourth-order valence-electron chi connectivity index (χ4n) is 6.32. The molecular weight excluding hydrogens is 584 g/mol. The van der Waals surface area contributed by atoms with Crippen molar-refractivity contribution < 1.29 is 23.8 Å². The maximum Gasteiger partial charge on any atom is 0.335 e. The van der Waals surface area contributed by atoms with Gasteiger partial charge in [-0.25, -0.2) is 9.59 Å². The highest BCUT2D eigenvalue weighted by Gasteiger charge is 2.21. The third-order valence-electron chi connectivity index (χ3n) is 9.76. The molecular formula is C42H60O5. The lowest BCUT2D eigenvalue weighted by Gasteiger charge is -2.28. The smallest absolute Gasteiger partial charge is 0.335 e. The summed E-state index contributed by atoms with van der Waals surface area (Å²) in [4.78, 5) is 24.9. The Morgan fingerprint density at radius 2 is 1.30 bits per heavy atom. The van der Waals surface area contributed by atoms with Crippen molar-refractivity contribution in [2.24, 2.45) is 17.8 Å². The van der Waals surface area contributed by atoms with Crippen LogP contribution in [0.25, 0.3) is 11.1 Å². The first-order chi connectivity index (χ1) is 22.7. The normalized spacial score (nSPS) is 16.7. The molecule has 1 aliphatic carbocycles. The van der Waals surface area contributed by atoms with Gasteiger partial charge in [-0.3, -0.25) is 0 Å². The predicted octanol–water partition coefficient (Wildman–Crippen LogP) is 10.3. The van der Waals surface area contributed by atoms with Gasteiger partial charge in [-0.2, -0.15) is 0 Å².